The lowest BCUT2D eigenvalue weighted by Gasteiger charge is -2.16. The van der Waals surface area contributed by atoms with Crippen LogP contribution in [-0.4, -0.2) is 14.2 Å². The lowest BCUT2D eigenvalue weighted by molar-refractivity contribution is 0.473. The van der Waals surface area contributed by atoms with E-state index in [1.165, 1.54) is 0 Å². The molecule has 1 heterocycles. The molecule has 3 nitrogen and oxygen atoms in total. The van der Waals surface area contributed by atoms with Gasteiger partial charge in [0.05, 0.1) is 5.75 Å². The molecule has 1 aliphatic heterocycles. The normalized spacial score (nSPS) is 18.8. The molecule has 0 spiro atoms. The largest absolute Gasteiger partial charge is 0.382 e. The molecule has 0 saturated carbocycles. The van der Waals surface area contributed by atoms with E-state index in [0.717, 1.165) is 11.1 Å². The Kier molecular flexibility index (Phi) is 1.80. The van der Waals surface area contributed by atoms with Gasteiger partial charge in [-0.2, -0.15) is 8.42 Å². The highest BCUT2D eigenvalue weighted by Gasteiger charge is 2.21. The molecule has 0 saturated heterocycles. The van der Waals surface area contributed by atoms with Gasteiger partial charge in [-0.25, -0.2) is 0 Å². The molecule has 0 amide bonds. The predicted octanol–water partition coefficient (Wildman–Crippen LogP) is 1.26. The van der Waals surface area contributed by atoms with Crippen LogP contribution in [0.1, 0.15) is 11.1 Å². The second-order valence-electron chi connectivity index (χ2n) is 3.21. The number of fused-ring (bicyclic) bond motifs is 1. The summed E-state index contributed by atoms with van der Waals surface area (Å²) < 4.78 is 27.1. The van der Waals surface area contributed by atoms with E-state index < -0.39 is 10.1 Å². The van der Waals surface area contributed by atoms with Gasteiger partial charge < -0.3 is 4.18 Å². The number of benzene rings is 1. The molecular weight excluding hydrogens is 188 g/mol. The third kappa shape index (κ3) is 1.67. The first-order valence-electron chi connectivity index (χ1n) is 4.08. The van der Waals surface area contributed by atoms with Gasteiger partial charge in [-0.15, -0.1) is 0 Å². The predicted molar refractivity (Wildman–Crippen MR) is 49.3 cm³/mol. The van der Waals surface area contributed by atoms with Crippen LogP contribution in [0.25, 0.3) is 0 Å². The van der Waals surface area contributed by atoms with E-state index in [-0.39, 0.29) is 5.75 Å². The maximum atomic E-state index is 11.1. The Morgan fingerprint density at radius 2 is 2.15 bits per heavy atom. The van der Waals surface area contributed by atoms with Crippen LogP contribution in [0.15, 0.2) is 18.2 Å². The van der Waals surface area contributed by atoms with Crippen molar-refractivity contribution in [1.82, 2.24) is 0 Å². The SMILES string of the molecule is Cc1ccc2c(c1)OS(=O)(=O)CC2. The van der Waals surface area contributed by atoms with E-state index in [9.17, 15) is 8.42 Å². The van der Waals surface area contributed by atoms with E-state index in [1.54, 1.807) is 6.07 Å². The molecule has 2 rings (SSSR count). The van der Waals surface area contributed by atoms with Crippen LogP contribution < -0.4 is 4.18 Å². The summed E-state index contributed by atoms with van der Waals surface area (Å²) in [6.07, 6.45) is 0.554. The lowest BCUT2D eigenvalue weighted by Crippen LogP contribution is -2.21. The number of hydrogen-bond acceptors (Lipinski definition) is 3. The zero-order valence-corrected chi connectivity index (χ0v) is 8.10. The number of hydrogen-bond donors (Lipinski definition) is 0. The molecular formula is C9H10O3S. The van der Waals surface area contributed by atoms with Crippen molar-refractivity contribution in [2.75, 3.05) is 5.75 Å². The second-order valence-corrected chi connectivity index (χ2v) is 4.90. The Hall–Kier alpha value is -1.03. The molecule has 0 bridgehead atoms. The fourth-order valence-corrected chi connectivity index (χ4v) is 2.34. The molecule has 0 atom stereocenters. The van der Waals surface area contributed by atoms with Crippen molar-refractivity contribution in [3.05, 3.63) is 29.3 Å². The van der Waals surface area contributed by atoms with Crippen LogP contribution in [0.5, 0.6) is 5.75 Å². The third-order valence-corrected chi connectivity index (χ3v) is 3.20. The van der Waals surface area contributed by atoms with Crippen molar-refractivity contribution in [2.45, 2.75) is 13.3 Å². The van der Waals surface area contributed by atoms with E-state index in [1.807, 2.05) is 19.1 Å². The van der Waals surface area contributed by atoms with Crippen LogP contribution in [0, 0.1) is 6.92 Å². The molecule has 70 valence electrons. The summed E-state index contributed by atoms with van der Waals surface area (Å²) in [7, 11) is -3.31. The second kappa shape index (κ2) is 2.73. The Morgan fingerprint density at radius 1 is 1.38 bits per heavy atom. The van der Waals surface area contributed by atoms with Crippen LogP contribution >= 0.6 is 0 Å². The van der Waals surface area contributed by atoms with Gasteiger partial charge in [0.15, 0.2) is 0 Å². The van der Waals surface area contributed by atoms with Crippen molar-refractivity contribution < 1.29 is 12.6 Å². The zero-order valence-electron chi connectivity index (χ0n) is 7.28. The highest BCUT2D eigenvalue weighted by Crippen LogP contribution is 2.26. The fraction of sp³-hybridized carbons (Fsp3) is 0.333. The van der Waals surface area contributed by atoms with Crippen molar-refractivity contribution in [1.29, 1.82) is 0 Å². The molecule has 0 aliphatic carbocycles. The number of rotatable bonds is 0. The number of aryl methyl sites for hydroxylation is 2. The molecule has 1 aliphatic rings. The summed E-state index contributed by atoms with van der Waals surface area (Å²) >= 11 is 0. The maximum absolute atomic E-state index is 11.1. The van der Waals surface area contributed by atoms with Gasteiger partial charge in [0, 0.05) is 0 Å². The van der Waals surface area contributed by atoms with Crippen LogP contribution in [0.3, 0.4) is 0 Å². The smallest absolute Gasteiger partial charge is 0.309 e. The average Bonchev–Trinajstić information content (AvgIpc) is 2.01. The summed E-state index contributed by atoms with van der Waals surface area (Å²) in [4.78, 5) is 0. The van der Waals surface area contributed by atoms with Crippen LogP contribution in [0.2, 0.25) is 0 Å². The van der Waals surface area contributed by atoms with Gasteiger partial charge in [0.25, 0.3) is 0 Å². The Bertz CT molecular complexity index is 434. The summed E-state index contributed by atoms with van der Waals surface area (Å²) in [6.45, 7) is 1.91. The van der Waals surface area contributed by atoms with Gasteiger partial charge in [-0.1, -0.05) is 12.1 Å². The molecule has 0 unspecified atom stereocenters. The van der Waals surface area contributed by atoms with E-state index in [4.69, 9.17) is 4.18 Å². The van der Waals surface area contributed by atoms with E-state index in [2.05, 4.69) is 0 Å². The summed E-state index contributed by atoms with van der Waals surface area (Å²) in [5.74, 6) is 0.578. The van der Waals surface area contributed by atoms with Crippen molar-refractivity contribution in [2.24, 2.45) is 0 Å². The Balaban J connectivity index is 2.50. The fourth-order valence-electron chi connectivity index (χ4n) is 1.36. The van der Waals surface area contributed by atoms with Gasteiger partial charge in [-0.05, 0) is 30.5 Å². The molecule has 13 heavy (non-hydrogen) atoms. The van der Waals surface area contributed by atoms with Crippen molar-refractivity contribution in [3.63, 3.8) is 0 Å². The standard InChI is InChI=1S/C9H10O3S/c1-7-2-3-8-4-5-13(10,11)12-9(8)6-7/h2-3,6H,4-5H2,1H3. The molecule has 0 fully saturated rings. The Labute approximate surface area is 77.5 Å². The highest BCUT2D eigenvalue weighted by atomic mass is 32.2. The third-order valence-electron chi connectivity index (χ3n) is 2.06. The average molecular weight is 198 g/mol. The van der Waals surface area contributed by atoms with Gasteiger partial charge in [0.2, 0.25) is 0 Å². The minimum Gasteiger partial charge on any atom is -0.382 e. The quantitative estimate of drug-likeness (QED) is 0.589. The summed E-state index contributed by atoms with van der Waals surface area (Å²) in [5.41, 5.74) is 1.98. The minimum atomic E-state index is -3.31. The minimum absolute atomic E-state index is 0.0864. The molecule has 0 radical (unpaired) electrons. The lowest BCUT2D eigenvalue weighted by atomic mass is 10.1. The highest BCUT2D eigenvalue weighted by molar-refractivity contribution is 7.87. The molecule has 4 heteroatoms. The topological polar surface area (TPSA) is 43.4 Å². The first-order chi connectivity index (χ1) is 6.07. The van der Waals surface area contributed by atoms with E-state index in [0.29, 0.717) is 12.2 Å². The van der Waals surface area contributed by atoms with E-state index >= 15 is 0 Å². The van der Waals surface area contributed by atoms with Crippen LogP contribution in [0.4, 0.5) is 0 Å². The van der Waals surface area contributed by atoms with Gasteiger partial charge >= 0.3 is 10.1 Å². The summed E-state index contributed by atoms with van der Waals surface area (Å²) in [6, 6.07) is 5.63. The van der Waals surface area contributed by atoms with Gasteiger partial charge in [0.1, 0.15) is 5.75 Å². The summed E-state index contributed by atoms with van der Waals surface area (Å²) in [5, 5.41) is 0. The first-order valence-corrected chi connectivity index (χ1v) is 5.66. The van der Waals surface area contributed by atoms with Gasteiger partial charge in [-0.3, -0.25) is 0 Å². The molecule has 0 aromatic heterocycles. The zero-order chi connectivity index (χ0) is 9.47. The monoisotopic (exact) mass is 198 g/mol. The van der Waals surface area contributed by atoms with Crippen molar-refractivity contribution >= 4 is 10.1 Å². The van der Waals surface area contributed by atoms with Crippen molar-refractivity contribution in [3.8, 4) is 5.75 Å². The maximum Gasteiger partial charge on any atom is 0.309 e. The Morgan fingerprint density at radius 3 is 2.92 bits per heavy atom. The first kappa shape index (κ1) is 8.56. The molecule has 1 aromatic carbocycles. The molecule has 1 aromatic rings. The van der Waals surface area contributed by atoms with Crippen LogP contribution in [-0.2, 0) is 16.5 Å². The molecule has 0 N–H and O–H groups in total.